The zero-order valence-corrected chi connectivity index (χ0v) is 13.8. The van der Waals surface area contributed by atoms with Gasteiger partial charge >= 0.3 is 0 Å². The maximum Gasteiger partial charge on any atom is 0.240 e. The maximum absolute atomic E-state index is 12.6. The van der Waals surface area contributed by atoms with Crippen LogP contribution in [0.1, 0.15) is 29.9 Å². The number of carbonyl (C=O) groups is 1. The summed E-state index contributed by atoms with van der Waals surface area (Å²) in [6.45, 7) is 1.63. The summed E-state index contributed by atoms with van der Waals surface area (Å²) in [6.07, 6.45) is 1.14. The van der Waals surface area contributed by atoms with Crippen molar-refractivity contribution in [2.45, 2.75) is 24.3 Å². The van der Waals surface area contributed by atoms with Gasteiger partial charge in [-0.3, -0.25) is 4.79 Å². The lowest BCUT2D eigenvalue weighted by Gasteiger charge is -2.32. The third-order valence-corrected chi connectivity index (χ3v) is 4.71. The summed E-state index contributed by atoms with van der Waals surface area (Å²) in [6, 6.07) is 20.5. The van der Waals surface area contributed by atoms with Gasteiger partial charge in [-0.25, -0.2) is 0 Å². The molecular formula is C20H24N2O2. The van der Waals surface area contributed by atoms with Gasteiger partial charge in [-0.15, -0.1) is 0 Å². The molecule has 0 aliphatic carbocycles. The number of benzene rings is 2. The Morgan fingerprint density at radius 1 is 1.00 bits per heavy atom. The number of hydrogen-bond donors (Lipinski definition) is 2. The topological polar surface area (TPSA) is 64.4 Å². The lowest BCUT2D eigenvalue weighted by molar-refractivity contribution is -0.129. The van der Waals surface area contributed by atoms with Gasteiger partial charge in [-0.2, -0.15) is 0 Å². The van der Waals surface area contributed by atoms with Crippen molar-refractivity contribution in [3.63, 3.8) is 0 Å². The van der Waals surface area contributed by atoms with Crippen molar-refractivity contribution >= 4 is 5.91 Å². The zero-order chi connectivity index (χ0) is 16.8. The molecule has 1 aliphatic heterocycles. The summed E-state index contributed by atoms with van der Waals surface area (Å²) >= 11 is 0. The number of nitrogens with one attached hydrogen (secondary N) is 1. The average Bonchev–Trinajstić information content (AvgIpc) is 2.64. The molecule has 4 nitrogen and oxygen atoms in total. The molecule has 0 atom stereocenters. The van der Waals surface area contributed by atoms with Crippen molar-refractivity contribution in [1.82, 2.24) is 5.32 Å². The van der Waals surface area contributed by atoms with Crippen LogP contribution in [0.25, 0.3) is 0 Å². The number of ether oxygens (including phenoxy) is 1. The van der Waals surface area contributed by atoms with Gasteiger partial charge in [0.2, 0.25) is 5.91 Å². The van der Waals surface area contributed by atoms with Gasteiger partial charge in [-0.1, -0.05) is 60.7 Å². The first kappa shape index (κ1) is 16.7. The van der Waals surface area contributed by atoms with Gasteiger partial charge in [0.05, 0.1) is 5.54 Å². The fraction of sp³-hybridized carbons (Fsp3) is 0.350. The van der Waals surface area contributed by atoms with Crippen molar-refractivity contribution in [3.8, 4) is 0 Å². The lowest BCUT2D eigenvalue weighted by atomic mass is 9.88. The van der Waals surface area contributed by atoms with Gasteiger partial charge < -0.3 is 15.8 Å². The molecule has 1 saturated heterocycles. The normalized spacial score (nSPS) is 16.8. The highest BCUT2D eigenvalue weighted by atomic mass is 16.5. The smallest absolute Gasteiger partial charge is 0.240 e. The van der Waals surface area contributed by atoms with E-state index >= 15 is 0 Å². The van der Waals surface area contributed by atoms with E-state index in [0.29, 0.717) is 32.6 Å². The van der Waals surface area contributed by atoms with Crippen LogP contribution < -0.4 is 11.1 Å². The minimum Gasteiger partial charge on any atom is -0.381 e. The SMILES string of the molecule is NC1(C(=O)NCC(c2ccccc2)c2ccccc2)CCOCC1. The first-order valence-corrected chi connectivity index (χ1v) is 8.44. The third kappa shape index (κ3) is 3.83. The Hall–Kier alpha value is -2.17. The molecule has 24 heavy (non-hydrogen) atoms. The summed E-state index contributed by atoms with van der Waals surface area (Å²) < 4.78 is 5.32. The van der Waals surface area contributed by atoms with Crippen molar-refractivity contribution < 1.29 is 9.53 Å². The predicted molar refractivity (Wildman–Crippen MR) is 94.7 cm³/mol. The number of carbonyl (C=O) groups excluding carboxylic acids is 1. The average molecular weight is 324 g/mol. The molecule has 2 aromatic rings. The Bertz CT molecular complexity index is 612. The summed E-state index contributed by atoms with van der Waals surface area (Å²) in [7, 11) is 0. The third-order valence-electron chi connectivity index (χ3n) is 4.71. The van der Waals surface area contributed by atoms with Crippen LogP contribution in [0.2, 0.25) is 0 Å². The van der Waals surface area contributed by atoms with Gasteiger partial charge in [0.25, 0.3) is 0 Å². The maximum atomic E-state index is 12.6. The van der Waals surface area contributed by atoms with E-state index in [0.717, 1.165) is 0 Å². The molecule has 2 aromatic carbocycles. The molecule has 1 fully saturated rings. The van der Waals surface area contributed by atoms with E-state index in [1.165, 1.54) is 11.1 Å². The van der Waals surface area contributed by atoms with E-state index in [-0.39, 0.29) is 11.8 Å². The second-order valence-electron chi connectivity index (χ2n) is 6.35. The Balaban J connectivity index is 1.74. The van der Waals surface area contributed by atoms with Gasteiger partial charge in [0.1, 0.15) is 0 Å². The van der Waals surface area contributed by atoms with E-state index in [2.05, 4.69) is 29.6 Å². The van der Waals surface area contributed by atoms with Crippen LogP contribution in [0.3, 0.4) is 0 Å². The molecule has 0 saturated carbocycles. The van der Waals surface area contributed by atoms with Crippen LogP contribution in [-0.4, -0.2) is 31.2 Å². The first-order chi connectivity index (χ1) is 11.7. The molecule has 0 bridgehead atoms. The second-order valence-corrected chi connectivity index (χ2v) is 6.35. The number of hydrogen-bond acceptors (Lipinski definition) is 3. The van der Waals surface area contributed by atoms with Crippen LogP contribution in [0.15, 0.2) is 60.7 Å². The van der Waals surface area contributed by atoms with Crippen LogP contribution >= 0.6 is 0 Å². The van der Waals surface area contributed by atoms with Crippen molar-refractivity contribution in [2.75, 3.05) is 19.8 Å². The zero-order valence-electron chi connectivity index (χ0n) is 13.8. The largest absolute Gasteiger partial charge is 0.381 e. The molecule has 0 radical (unpaired) electrons. The van der Waals surface area contributed by atoms with Crippen molar-refractivity contribution in [2.24, 2.45) is 5.73 Å². The molecule has 1 amide bonds. The standard InChI is InChI=1S/C20H24N2O2/c21-20(11-13-24-14-12-20)19(23)22-15-18(16-7-3-1-4-8-16)17-9-5-2-6-10-17/h1-10,18H,11-15,21H2,(H,22,23). The Labute approximate surface area is 143 Å². The molecule has 3 N–H and O–H groups in total. The van der Waals surface area contributed by atoms with E-state index in [1.54, 1.807) is 0 Å². The van der Waals surface area contributed by atoms with Crippen LogP contribution in [0, 0.1) is 0 Å². The number of rotatable bonds is 5. The van der Waals surface area contributed by atoms with Crippen molar-refractivity contribution in [3.05, 3.63) is 71.8 Å². The molecule has 3 rings (SSSR count). The van der Waals surface area contributed by atoms with Crippen molar-refractivity contribution in [1.29, 1.82) is 0 Å². The molecule has 4 heteroatoms. The molecule has 1 heterocycles. The highest BCUT2D eigenvalue weighted by Crippen LogP contribution is 2.24. The molecule has 0 aromatic heterocycles. The van der Waals surface area contributed by atoms with E-state index in [9.17, 15) is 4.79 Å². The van der Waals surface area contributed by atoms with Gasteiger partial charge in [0, 0.05) is 25.7 Å². The summed E-state index contributed by atoms with van der Waals surface area (Å²) in [5.41, 5.74) is 7.83. The van der Waals surface area contributed by atoms with Gasteiger partial charge in [-0.05, 0) is 24.0 Å². The van der Waals surface area contributed by atoms with E-state index in [4.69, 9.17) is 10.5 Å². The Kier molecular flexibility index (Phi) is 5.28. The Morgan fingerprint density at radius 2 is 1.50 bits per heavy atom. The highest BCUT2D eigenvalue weighted by Gasteiger charge is 2.36. The quantitative estimate of drug-likeness (QED) is 0.888. The predicted octanol–water partition coefficient (Wildman–Crippen LogP) is 2.44. The fourth-order valence-corrected chi connectivity index (χ4v) is 3.13. The van der Waals surface area contributed by atoms with E-state index in [1.807, 2.05) is 36.4 Å². The molecule has 0 unspecified atom stereocenters. The second kappa shape index (κ2) is 7.60. The number of amides is 1. The summed E-state index contributed by atoms with van der Waals surface area (Å²) in [5.74, 6) is 0.0300. The van der Waals surface area contributed by atoms with Crippen LogP contribution in [-0.2, 0) is 9.53 Å². The summed E-state index contributed by atoms with van der Waals surface area (Å²) in [5, 5.41) is 3.07. The molecule has 1 aliphatic rings. The molecular weight excluding hydrogens is 300 g/mol. The van der Waals surface area contributed by atoms with Gasteiger partial charge in [0.15, 0.2) is 0 Å². The molecule has 126 valence electrons. The molecule has 0 spiro atoms. The highest BCUT2D eigenvalue weighted by molar-refractivity contribution is 5.86. The fourth-order valence-electron chi connectivity index (χ4n) is 3.13. The minimum absolute atomic E-state index is 0.0809. The van der Waals surface area contributed by atoms with Crippen LogP contribution in [0.4, 0.5) is 0 Å². The first-order valence-electron chi connectivity index (χ1n) is 8.44. The number of nitrogens with two attached hydrogens (primary N) is 1. The lowest BCUT2D eigenvalue weighted by Crippen LogP contribution is -2.57. The van der Waals surface area contributed by atoms with Crippen LogP contribution in [0.5, 0.6) is 0 Å². The van der Waals surface area contributed by atoms with E-state index < -0.39 is 5.54 Å². The summed E-state index contributed by atoms with van der Waals surface area (Å²) in [4.78, 5) is 12.6. The minimum atomic E-state index is -0.809. The monoisotopic (exact) mass is 324 g/mol. The Morgan fingerprint density at radius 3 is 2.00 bits per heavy atom.